The van der Waals surface area contributed by atoms with E-state index in [-0.39, 0.29) is 0 Å². The zero-order chi connectivity index (χ0) is 13.4. The first kappa shape index (κ1) is 11.5. The van der Waals surface area contributed by atoms with Crippen LogP contribution in [0.3, 0.4) is 0 Å². The van der Waals surface area contributed by atoms with Crippen molar-refractivity contribution in [3.63, 3.8) is 0 Å². The topological polar surface area (TPSA) is 68.5 Å². The number of fused-ring (bicyclic) bond motifs is 3. The molecule has 0 saturated heterocycles. The van der Waals surface area contributed by atoms with E-state index in [0.29, 0.717) is 5.82 Å². The summed E-state index contributed by atoms with van der Waals surface area (Å²) >= 11 is 0. The largest absolute Gasteiger partial charge is 0.342 e. The number of nitrogens with zero attached hydrogens (tertiary/aromatic N) is 3. The average molecular weight is 256 g/mol. The number of hydrogen-bond donors (Lipinski definition) is 1. The fourth-order valence-electron chi connectivity index (χ4n) is 1.92. The van der Waals surface area contributed by atoms with Crippen LogP contribution in [0.4, 0.5) is 5.82 Å². The van der Waals surface area contributed by atoms with Gasteiger partial charge < -0.3 is 4.84 Å². The zero-order valence-corrected chi connectivity index (χ0v) is 10.5. The average Bonchev–Trinajstić information content (AvgIpc) is 2.76. The normalized spacial score (nSPS) is 10.8. The van der Waals surface area contributed by atoms with Crippen LogP contribution in [0, 0.1) is 6.92 Å². The molecule has 3 aromatic rings. The molecular weight excluding hydrogens is 244 g/mol. The van der Waals surface area contributed by atoms with E-state index in [0.717, 1.165) is 22.4 Å². The molecular formula is C13H12N4O2. The highest BCUT2D eigenvalue weighted by molar-refractivity contribution is 5.79. The summed E-state index contributed by atoms with van der Waals surface area (Å²) in [5, 5.41) is 0. The SMILES string of the molecule is CC(=O)ONc1ccc2nc3c(C)cccn3c2n1. The number of rotatable bonds is 2. The Morgan fingerprint density at radius 1 is 1.26 bits per heavy atom. The van der Waals surface area contributed by atoms with Gasteiger partial charge in [0.2, 0.25) is 0 Å². The molecule has 0 spiro atoms. The first-order valence-corrected chi connectivity index (χ1v) is 5.83. The van der Waals surface area contributed by atoms with E-state index in [1.807, 2.05) is 35.7 Å². The number of aromatic nitrogens is 3. The maximum absolute atomic E-state index is 10.8. The molecule has 6 heteroatoms. The molecule has 6 nitrogen and oxygen atoms in total. The smallest absolute Gasteiger partial charge is 0.329 e. The van der Waals surface area contributed by atoms with Gasteiger partial charge in [0.05, 0.1) is 0 Å². The van der Waals surface area contributed by atoms with Crippen molar-refractivity contribution in [2.45, 2.75) is 13.8 Å². The van der Waals surface area contributed by atoms with Crippen molar-refractivity contribution in [1.82, 2.24) is 14.4 Å². The van der Waals surface area contributed by atoms with Crippen LogP contribution in [0.25, 0.3) is 16.8 Å². The van der Waals surface area contributed by atoms with Crippen molar-refractivity contribution < 1.29 is 9.63 Å². The van der Waals surface area contributed by atoms with Crippen molar-refractivity contribution in [2.75, 3.05) is 5.48 Å². The Labute approximate surface area is 109 Å². The predicted molar refractivity (Wildman–Crippen MR) is 70.6 cm³/mol. The Hall–Kier alpha value is -2.63. The van der Waals surface area contributed by atoms with Crippen molar-refractivity contribution in [2.24, 2.45) is 0 Å². The third-order valence-corrected chi connectivity index (χ3v) is 2.77. The van der Waals surface area contributed by atoms with E-state index >= 15 is 0 Å². The summed E-state index contributed by atoms with van der Waals surface area (Å²) in [6.07, 6.45) is 1.90. The van der Waals surface area contributed by atoms with Gasteiger partial charge in [-0.05, 0) is 30.7 Å². The summed E-state index contributed by atoms with van der Waals surface area (Å²) in [5.41, 5.74) is 5.96. The monoisotopic (exact) mass is 256 g/mol. The number of carbonyl (C=O) groups excluding carboxylic acids is 1. The lowest BCUT2D eigenvalue weighted by Crippen LogP contribution is -2.07. The number of anilines is 1. The van der Waals surface area contributed by atoms with Crippen LogP contribution < -0.4 is 5.48 Å². The molecule has 0 aliphatic carbocycles. The first-order valence-electron chi connectivity index (χ1n) is 5.83. The summed E-state index contributed by atoms with van der Waals surface area (Å²) in [6, 6.07) is 7.49. The maximum Gasteiger partial charge on any atom is 0.329 e. The van der Waals surface area contributed by atoms with Gasteiger partial charge in [0, 0.05) is 13.1 Å². The number of imidazole rings is 1. The van der Waals surface area contributed by atoms with Crippen molar-refractivity contribution in [3.8, 4) is 0 Å². The Balaban J connectivity index is 2.13. The lowest BCUT2D eigenvalue weighted by atomic mass is 10.3. The Morgan fingerprint density at radius 2 is 2.11 bits per heavy atom. The molecule has 0 aliphatic rings. The van der Waals surface area contributed by atoms with Gasteiger partial charge in [-0.2, -0.15) is 0 Å². The fraction of sp³-hybridized carbons (Fsp3) is 0.154. The van der Waals surface area contributed by atoms with Gasteiger partial charge in [0.1, 0.15) is 11.2 Å². The minimum absolute atomic E-state index is 0.420. The quantitative estimate of drug-likeness (QED) is 0.711. The van der Waals surface area contributed by atoms with Crippen LogP contribution in [-0.2, 0) is 9.63 Å². The predicted octanol–water partition coefficient (Wildman–Crippen LogP) is 2.08. The van der Waals surface area contributed by atoms with Gasteiger partial charge in [0.15, 0.2) is 11.5 Å². The fourth-order valence-corrected chi connectivity index (χ4v) is 1.92. The summed E-state index contributed by atoms with van der Waals surface area (Å²) in [5.74, 6) is 0.0434. The van der Waals surface area contributed by atoms with E-state index < -0.39 is 5.97 Å². The summed E-state index contributed by atoms with van der Waals surface area (Å²) in [4.78, 5) is 24.4. The Bertz CT molecular complexity index is 779. The van der Waals surface area contributed by atoms with Crippen LogP contribution in [0.5, 0.6) is 0 Å². The Morgan fingerprint density at radius 3 is 2.89 bits per heavy atom. The molecule has 0 radical (unpaired) electrons. The molecule has 19 heavy (non-hydrogen) atoms. The molecule has 0 bridgehead atoms. The molecule has 3 heterocycles. The van der Waals surface area contributed by atoms with Gasteiger partial charge in [-0.25, -0.2) is 15.4 Å². The minimum Gasteiger partial charge on any atom is -0.342 e. The number of aryl methyl sites for hydroxylation is 1. The molecule has 0 aliphatic heterocycles. The second-order valence-corrected chi connectivity index (χ2v) is 4.23. The number of hydrogen-bond acceptors (Lipinski definition) is 5. The van der Waals surface area contributed by atoms with Gasteiger partial charge in [-0.15, -0.1) is 0 Å². The lowest BCUT2D eigenvalue weighted by Gasteiger charge is -2.03. The van der Waals surface area contributed by atoms with Crippen LogP contribution in [-0.4, -0.2) is 20.3 Å². The molecule has 96 valence electrons. The number of nitrogens with one attached hydrogen (secondary N) is 1. The molecule has 1 N–H and O–H groups in total. The molecule has 0 saturated carbocycles. The van der Waals surface area contributed by atoms with E-state index in [1.165, 1.54) is 6.92 Å². The van der Waals surface area contributed by atoms with Crippen LogP contribution >= 0.6 is 0 Å². The zero-order valence-electron chi connectivity index (χ0n) is 10.5. The van der Waals surface area contributed by atoms with Crippen LogP contribution in [0.2, 0.25) is 0 Å². The highest BCUT2D eigenvalue weighted by Gasteiger charge is 2.08. The first-order chi connectivity index (χ1) is 9.15. The van der Waals surface area contributed by atoms with Gasteiger partial charge in [-0.1, -0.05) is 6.07 Å². The molecule has 0 amide bonds. The molecule has 0 unspecified atom stereocenters. The molecule has 0 aromatic carbocycles. The standard InChI is InChI=1S/C13H12N4O2/c1-8-4-3-7-17-12(8)14-10-5-6-11(15-13(10)17)16-19-9(2)18/h3-7H,1-2H3,(H,15,16). The van der Waals surface area contributed by atoms with Gasteiger partial charge in [0.25, 0.3) is 0 Å². The minimum atomic E-state index is -0.420. The third kappa shape index (κ3) is 1.97. The van der Waals surface area contributed by atoms with Crippen LogP contribution in [0.15, 0.2) is 30.5 Å². The van der Waals surface area contributed by atoms with Gasteiger partial charge >= 0.3 is 5.97 Å². The van der Waals surface area contributed by atoms with Gasteiger partial charge in [-0.3, -0.25) is 9.20 Å². The molecule has 0 fully saturated rings. The number of carbonyl (C=O) groups is 1. The second kappa shape index (κ2) is 4.24. The Kier molecular flexibility index (Phi) is 2.56. The van der Waals surface area contributed by atoms with Crippen molar-refractivity contribution >= 4 is 28.6 Å². The van der Waals surface area contributed by atoms with Crippen LogP contribution in [0.1, 0.15) is 12.5 Å². The van der Waals surface area contributed by atoms with E-state index in [9.17, 15) is 4.79 Å². The van der Waals surface area contributed by atoms with E-state index in [4.69, 9.17) is 4.84 Å². The summed E-state index contributed by atoms with van der Waals surface area (Å²) in [6.45, 7) is 3.32. The maximum atomic E-state index is 10.8. The van der Waals surface area contributed by atoms with E-state index in [2.05, 4.69) is 15.4 Å². The second-order valence-electron chi connectivity index (χ2n) is 4.23. The van der Waals surface area contributed by atoms with Crippen molar-refractivity contribution in [3.05, 3.63) is 36.0 Å². The highest BCUT2D eigenvalue weighted by atomic mass is 16.7. The third-order valence-electron chi connectivity index (χ3n) is 2.77. The van der Waals surface area contributed by atoms with E-state index in [1.54, 1.807) is 6.07 Å². The summed E-state index contributed by atoms with van der Waals surface area (Å²) in [7, 11) is 0. The number of pyridine rings is 2. The molecule has 3 aromatic heterocycles. The molecule has 0 atom stereocenters. The van der Waals surface area contributed by atoms with Crippen molar-refractivity contribution in [1.29, 1.82) is 0 Å². The molecule has 3 rings (SSSR count). The lowest BCUT2D eigenvalue weighted by molar-refractivity contribution is -0.138. The highest BCUT2D eigenvalue weighted by Crippen LogP contribution is 2.19. The summed E-state index contributed by atoms with van der Waals surface area (Å²) < 4.78 is 1.91.